The van der Waals surface area contributed by atoms with Gasteiger partial charge in [-0.25, -0.2) is 0 Å². The van der Waals surface area contributed by atoms with Crippen LogP contribution in [-0.2, 0) is 0 Å². The van der Waals surface area contributed by atoms with Gasteiger partial charge in [0.15, 0.2) is 0 Å². The number of hydrogen-bond acceptors (Lipinski definition) is 4. The van der Waals surface area contributed by atoms with Crippen LogP contribution in [0, 0.1) is 0 Å². The zero-order chi connectivity index (χ0) is 13.9. The smallest absolute Gasteiger partial charge is 0.277 e. The van der Waals surface area contributed by atoms with Gasteiger partial charge in [0.05, 0.1) is 12.3 Å². The number of amides is 1. The Bertz CT molecular complexity index is 643. The number of carbonyl (C=O) groups is 1. The number of aromatic nitrogens is 1. The summed E-state index contributed by atoms with van der Waals surface area (Å²) >= 11 is 0. The van der Waals surface area contributed by atoms with Gasteiger partial charge in [-0.15, -0.1) is 0 Å². The molecule has 102 valence electrons. The molecule has 0 radical (unpaired) electrons. The van der Waals surface area contributed by atoms with Gasteiger partial charge in [0.2, 0.25) is 0 Å². The second kappa shape index (κ2) is 5.21. The summed E-state index contributed by atoms with van der Waals surface area (Å²) in [6.45, 7) is 1.21. The van der Waals surface area contributed by atoms with Gasteiger partial charge in [-0.1, -0.05) is 12.1 Å². The number of fused-ring (bicyclic) bond motifs is 1. The summed E-state index contributed by atoms with van der Waals surface area (Å²) in [6.07, 6.45) is 2.32. The molecular formula is C15H15N3O2. The molecule has 1 aliphatic rings. The molecule has 1 aliphatic heterocycles. The Balaban J connectivity index is 1.99. The van der Waals surface area contributed by atoms with Gasteiger partial charge in [-0.3, -0.25) is 9.78 Å². The van der Waals surface area contributed by atoms with E-state index >= 15 is 0 Å². The molecule has 20 heavy (non-hydrogen) atoms. The number of anilines is 2. The molecule has 3 rings (SSSR count). The molecule has 0 unspecified atom stereocenters. The number of hydrogen-bond donors (Lipinski definition) is 1. The predicted molar refractivity (Wildman–Crippen MR) is 76.9 cm³/mol. The molecule has 0 bridgehead atoms. The monoisotopic (exact) mass is 269 g/mol. The van der Waals surface area contributed by atoms with E-state index in [1.807, 2.05) is 24.3 Å². The van der Waals surface area contributed by atoms with E-state index in [9.17, 15) is 4.79 Å². The summed E-state index contributed by atoms with van der Waals surface area (Å²) in [5.41, 5.74) is 7.37. The van der Waals surface area contributed by atoms with Crippen LogP contribution in [0.3, 0.4) is 0 Å². The molecule has 0 aliphatic carbocycles. The molecule has 0 spiro atoms. The molecule has 2 aromatic rings. The van der Waals surface area contributed by atoms with Crippen LogP contribution >= 0.6 is 0 Å². The Morgan fingerprint density at radius 1 is 1.30 bits per heavy atom. The van der Waals surface area contributed by atoms with Gasteiger partial charge in [-0.2, -0.15) is 0 Å². The minimum Gasteiger partial charge on any atom is -0.491 e. The van der Waals surface area contributed by atoms with Crippen LogP contribution in [0.1, 0.15) is 16.9 Å². The lowest BCUT2D eigenvalue weighted by Crippen LogP contribution is -2.32. The molecule has 1 aromatic heterocycles. The van der Waals surface area contributed by atoms with E-state index < -0.39 is 0 Å². The number of pyridine rings is 1. The summed E-state index contributed by atoms with van der Waals surface area (Å²) in [5, 5.41) is 0. The number of rotatable bonds is 1. The number of nitrogens with zero attached hydrogens (tertiary/aromatic N) is 2. The first-order valence-electron chi connectivity index (χ1n) is 6.51. The zero-order valence-electron chi connectivity index (χ0n) is 11.0. The zero-order valence-corrected chi connectivity index (χ0v) is 11.0. The van der Waals surface area contributed by atoms with Crippen LogP contribution < -0.4 is 15.4 Å². The molecule has 0 saturated carbocycles. The molecule has 5 heteroatoms. The summed E-state index contributed by atoms with van der Waals surface area (Å²) in [7, 11) is 0. The van der Waals surface area contributed by atoms with E-state index in [2.05, 4.69) is 4.98 Å². The Hall–Kier alpha value is -2.56. The quantitative estimate of drug-likeness (QED) is 0.860. The van der Waals surface area contributed by atoms with Gasteiger partial charge in [0.1, 0.15) is 11.4 Å². The highest BCUT2D eigenvalue weighted by Gasteiger charge is 2.23. The molecule has 1 amide bonds. The van der Waals surface area contributed by atoms with Crippen molar-refractivity contribution in [3.8, 4) is 5.75 Å². The number of carbonyl (C=O) groups excluding carboxylic acids is 1. The first-order valence-corrected chi connectivity index (χ1v) is 6.51. The van der Waals surface area contributed by atoms with Crippen molar-refractivity contribution < 1.29 is 9.53 Å². The van der Waals surface area contributed by atoms with E-state index in [-0.39, 0.29) is 5.91 Å². The van der Waals surface area contributed by atoms with Crippen LogP contribution in [0.4, 0.5) is 11.4 Å². The van der Waals surface area contributed by atoms with Gasteiger partial charge in [0.25, 0.3) is 5.91 Å². The van der Waals surface area contributed by atoms with Crippen molar-refractivity contribution >= 4 is 17.3 Å². The summed E-state index contributed by atoms with van der Waals surface area (Å²) in [6, 6.07) is 10.8. The molecule has 0 fully saturated rings. The van der Waals surface area contributed by atoms with Crippen molar-refractivity contribution in [3.05, 3.63) is 48.3 Å². The Labute approximate surface area is 117 Å². The number of benzene rings is 1. The maximum atomic E-state index is 12.6. The van der Waals surface area contributed by atoms with Crippen molar-refractivity contribution in [2.24, 2.45) is 0 Å². The minimum absolute atomic E-state index is 0.157. The lowest BCUT2D eigenvalue weighted by molar-refractivity contribution is 0.0982. The second-order valence-corrected chi connectivity index (χ2v) is 4.60. The third-order valence-electron chi connectivity index (χ3n) is 3.19. The lowest BCUT2D eigenvalue weighted by Gasteiger charge is -2.21. The highest BCUT2D eigenvalue weighted by atomic mass is 16.5. The van der Waals surface area contributed by atoms with Crippen LogP contribution in [0.2, 0.25) is 0 Å². The maximum Gasteiger partial charge on any atom is 0.277 e. The largest absolute Gasteiger partial charge is 0.491 e. The first kappa shape index (κ1) is 12.5. The number of nitrogens with two attached hydrogens (primary N) is 1. The molecular weight excluding hydrogens is 254 g/mol. The van der Waals surface area contributed by atoms with E-state index in [0.29, 0.717) is 24.5 Å². The molecule has 1 aromatic carbocycles. The Kier molecular flexibility index (Phi) is 3.25. The van der Waals surface area contributed by atoms with Crippen molar-refractivity contribution in [2.75, 3.05) is 23.8 Å². The number of para-hydroxylation sites is 2. The van der Waals surface area contributed by atoms with Crippen LogP contribution in [0.15, 0.2) is 42.6 Å². The lowest BCUT2D eigenvalue weighted by atomic mass is 10.2. The van der Waals surface area contributed by atoms with Crippen molar-refractivity contribution in [1.29, 1.82) is 0 Å². The van der Waals surface area contributed by atoms with Crippen molar-refractivity contribution in [2.45, 2.75) is 6.42 Å². The number of nitrogen functional groups attached to an aromatic ring is 1. The van der Waals surface area contributed by atoms with E-state index in [0.717, 1.165) is 17.9 Å². The van der Waals surface area contributed by atoms with Gasteiger partial charge < -0.3 is 15.4 Å². The number of ether oxygens (including phenoxy) is 1. The standard InChI is InChI=1S/C15H15N3O2/c16-11-6-7-17-12(10-11)15(19)18-8-3-9-20-14-5-2-1-4-13(14)18/h1-2,4-7,10H,3,8-9H2,(H2,16,17). The molecule has 0 saturated heterocycles. The van der Waals surface area contributed by atoms with E-state index in [1.54, 1.807) is 23.2 Å². The predicted octanol–water partition coefficient (Wildman–Crippen LogP) is 2.09. The SMILES string of the molecule is Nc1ccnc(C(=O)N2CCCOc3ccccc32)c1. The molecule has 5 nitrogen and oxygen atoms in total. The summed E-state index contributed by atoms with van der Waals surface area (Å²) in [5.74, 6) is 0.567. The van der Waals surface area contributed by atoms with E-state index in [1.165, 1.54) is 0 Å². The normalized spacial score (nSPS) is 14.1. The fraction of sp³-hybridized carbons (Fsp3) is 0.200. The van der Waals surface area contributed by atoms with Crippen molar-refractivity contribution in [3.63, 3.8) is 0 Å². The minimum atomic E-state index is -0.157. The second-order valence-electron chi connectivity index (χ2n) is 4.60. The average Bonchev–Trinajstić information content (AvgIpc) is 2.69. The fourth-order valence-corrected chi connectivity index (χ4v) is 2.24. The van der Waals surface area contributed by atoms with Gasteiger partial charge in [0, 0.05) is 18.4 Å². The molecule has 0 atom stereocenters. The third-order valence-corrected chi connectivity index (χ3v) is 3.19. The van der Waals surface area contributed by atoms with Crippen LogP contribution in [0.5, 0.6) is 5.75 Å². The molecule has 2 heterocycles. The third kappa shape index (κ3) is 2.30. The molecule has 2 N–H and O–H groups in total. The van der Waals surface area contributed by atoms with Gasteiger partial charge in [-0.05, 0) is 30.7 Å². The summed E-state index contributed by atoms with van der Waals surface area (Å²) < 4.78 is 5.65. The topological polar surface area (TPSA) is 68.5 Å². The van der Waals surface area contributed by atoms with Crippen molar-refractivity contribution in [1.82, 2.24) is 4.98 Å². The summed E-state index contributed by atoms with van der Waals surface area (Å²) in [4.78, 5) is 18.4. The Morgan fingerprint density at radius 2 is 2.15 bits per heavy atom. The first-order chi connectivity index (χ1) is 9.75. The van der Waals surface area contributed by atoms with E-state index in [4.69, 9.17) is 10.5 Å². The average molecular weight is 269 g/mol. The van der Waals surface area contributed by atoms with Gasteiger partial charge >= 0.3 is 0 Å². The fourth-order valence-electron chi connectivity index (χ4n) is 2.24. The van der Waals surface area contributed by atoms with Crippen LogP contribution in [-0.4, -0.2) is 24.0 Å². The maximum absolute atomic E-state index is 12.6. The van der Waals surface area contributed by atoms with Crippen LogP contribution in [0.25, 0.3) is 0 Å². The Morgan fingerprint density at radius 3 is 3.00 bits per heavy atom. The highest BCUT2D eigenvalue weighted by Crippen LogP contribution is 2.31. The highest BCUT2D eigenvalue weighted by molar-refractivity contribution is 6.06.